The number of rotatable bonds is 5. The van der Waals surface area contributed by atoms with Gasteiger partial charge in [0, 0.05) is 47.0 Å². The van der Waals surface area contributed by atoms with E-state index < -0.39 is 0 Å². The van der Waals surface area contributed by atoms with Gasteiger partial charge in [-0.2, -0.15) is 0 Å². The number of hydrogen-bond donors (Lipinski definition) is 2. The Morgan fingerprint density at radius 1 is 0.872 bits per heavy atom. The zero-order chi connectivity index (χ0) is 28.1. The quantitative estimate of drug-likeness (QED) is 0.478. The molecule has 0 atom stereocenters. The van der Waals surface area contributed by atoms with Crippen molar-refractivity contribution in [2.45, 2.75) is 73.1 Å². The van der Waals surface area contributed by atoms with E-state index in [2.05, 4.69) is 38.3 Å². The van der Waals surface area contributed by atoms with E-state index in [1.807, 2.05) is 56.3 Å². The molecule has 2 N–H and O–H groups in total. The highest BCUT2D eigenvalue weighted by molar-refractivity contribution is 6.06. The molecule has 0 spiro atoms. The first-order valence-corrected chi connectivity index (χ1v) is 13.7. The van der Waals surface area contributed by atoms with Crippen LogP contribution in [0.15, 0.2) is 65.0 Å². The van der Waals surface area contributed by atoms with Crippen molar-refractivity contribution in [1.29, 1.82) is 0 Å². The van der Waals surface area contributed by atoms with Gasteiger partial charge in [-0.15, -0.1) is 0 Å². The largest absolute Gasteiger partial charge is 0.484 e. The van der Waals surface area contributed by atoms with Crippen LogP contribution < -0.4 is 15.4 Å². The Bertz CT molecular complexity index is 1370. The average Bonchev–Trinajstić information content (AvgIpc) is 2.83. The van der Waals surface area contributed by atoms with Crippen LogP contribution in [-0.2, 0) is 14.4 Å². The fourth-order valence-electron chi connectivity index (χ4n) is 6.20. The summed E-state index contributed by atoms with van der Waals surface area (Å²) < 4.78 is 5.78. The van der Waals surface area contributed by atoms with Gasteiger partial charge in [-0.05, 0) is 72.4 Å². The summed E-state index contributed by atoms with van der Waals surface area (Å²) in [6, 6.07) is 13.3. The van der Waals surface area contributed by atoms with Gasteiger partial charge in [0.15, 0.2) is 18.2 Å². The van der Waals surface area contributed by atoms with Crippen LogP contribution in [0.1, 0.15) is 76.0 Å². The Labute approximate surface area is 230 Å². The second-order valence-electron chi connectivity index (χ2n) is 12.9. The Morgan fingerprint density at radius 2 is 1.44 bits per heavy atom. The van der Waals surface area contributed by atoms with Gasteiger partial charge in [-0.1, -0.05) is 52.0 Å². The van der Waals surface area contributed by atoms with Crippen molar-refractivity contribution < 1.29 is 19.1 Å². The molecule has 0 bridgehead atoms. The molecule has 0 fully saturated rings. The van der Waals surface area contributed by atoms with Crippen LogP contribution >= 0.6 is 0 Å². The molecule has 5 rings (SSSR count). The van der Waals surface area contributed by atoms with Crippen LogP contribution in [0.4, 0.5) is 5.69 Å². The SMILES string of the molecule is Cc1cccc(NC(=O)COc2ccc(C3C4=C(CC(C)(C)CC4=O)NC4=C3C(=O)CC(C)(C)C4)cc2)c1C. The molecule has 3 aliphatic rings. The Kier molecular flexibility index (Phi) is 6.78. The minimum atomic E-state index is -0.384. The fraction of sp³-hybridized carbons (Fsp3) is 0.424. The summed E-state index contributed by atoms with van der Waals surface area (Å²) in [6.45, 7) is 12.3. The maximum Gasteiger partial charge on any atom is 0.262 e. The molecule has 6 heteroatoms. The van der Waals surface area contributed by atoms with Crippen LogP contribution in [0.25, 0.3) is 0 Å². The number of dihydropyridines is 1. The summed E-state index contributed by atoms with van der Waals surface area (Å²) in [4.78, 5) is 39.5. The summed E-state index contributed by atoms with van der Waals surface area (Å²) in [5, 5.41) is 6.46. The molecule has 0 saturated heterocycles. The molecule has 0 aromatic heterocycles. The van der Waals surface area contributed by atoms with Crippen molar-refractivity contribution in [3.05, 3.63) is 81.7 Å². The summed E-state index contributed by atoms with van der Waals surface area (Å²) in [7, 11) is 0. The molecule has 1 heterocycles. The number of amides is 1. The Hall–Kier alpha value is -3.67. The predicted molar refractivity (Wildman–Crippen MR) is 152 cm³/mol. The number of allylic oxidation sites excluding steroid dienone is 4. The molecule has 0 radical (unpaired) electrons. The van der Waals surface area contributed by atoms with Crippen LogP contribution in [0.2, 0.25) is 0 Å². The normalized spacial score (nSPS) is 20.3. The number of hydrogen-bond acceptors (Lipinski definition) is 5. The highest BCUT2D eigenvalue weighted by Crippen LogP contribution is 2.51. The van der Waals surface area contributed by atoms with E-state index in [1.54, 1.807) is 0 Å². The lowest BCUT2D eigenvalue weighted by molar-refractivity contribution is -0.119. The fourth-order valence-corrected chi connectivity index (χ4v) is 6.20. The lowest BCUT2D eigenvalue weighted by Crippen LogP contribution is -2.42. The van der Waals surface area contributed by atoms with Gasteiger partial charge >= 0.3 is 0 Å². The second-order valence-corrected chi connectivity index (χ2v) is 12.9. The van der Waals surface area contributed by atoms with Crippen molar-refractivity contribution in [3.63, 3.8) is 0 Å². The van der Waals surface area contributed by atoms with E-state index in [0.29, 0.717) is 18.6 Å². The zero-order valence-electron chi connectivity index (χ0n) is 23.8. The first kappa shape index (κ1) is 26.9. The van der Waals surface area contributed by atoms with Crippen LogP contribution in [0, 0.1) is 24.7 Å². The molecule has 0 saturated carbocycles. The number of carbonyl (C=O) groups excluding carboxylic acids is 3. The van der Waals surface area contributed by atoms with Gasteiger partial charge in [0.2, 0.25) is 0 Å². The molecule has 39 heavy (non-hydrogen) atoms. The van der Waals surface area contributed by atoms with Crippen molar-refractivity contribution in [2.24, 2.45) is 10.8 Å². The topological polar surface area (TPSA) is 84.5 Å². The van der Waals surface area contributed by atoms with Crippen LogP contribution in [-0.4, -0.2) is 24.1 Å². The molecular weight excluding hydrogens is 488 g/mol. The molecule has 2 aliphatic carbocycles. The van der Waals surface area contributed by atoms with Gasteiger partial charge in [-0.3, -0.25) is 14.4 Å². The van der Waals surface area contributed by atoms with Gasteiger partial charge in [0.25, 0.3) is 5.91 Å². The number of carbonyl (C=O) groups is 3. The lowest BCUT2D eigenvalue weighted by Gasteiger charge is -2.44. The van der Waals surface area contributed by atoms with E-state index in [-0.39, 0.29) is 40.8 Å². The first-order valence-electron chi connectivity index (χ1n) is 13.7. The molecule has 1 aliphatic heterocycles. The average molecular weight is 527 g/mol. The van der Waals surface area contributed by atoms with E-state index in [0.717, 1.165) is 57.8 Å². The minimum Gasteiger partial charge on any atom is -0.484 e. The van der Waals surface area contributed by atoms with Crippen LogP contribution in [0.5, 0.6) is 5.75 Å². The van der Waals surface area contributed by atoms with E-state index >= 15 is 0 Å². The third-order valence-electron chi connectivity index (χ3n) is 8.18. The third-order valence-corrected chi connectivity index (χ3v) is 8.18. The number of ketones is 2. The number of ether oxygens (including phenoxy) is 1. The van der Waals surface area contributed by atoms with Crippen LogP contribution in [0.3, 0.4) is 0 Å². The highest BCUT2D eigenvalue weighted by Gasteiger charge is 2.46. The molecule has 2 aromatic rings. The van der Waals surface area contributed by atoms with Gasteiger partial charge < -0.3 is 15.4 Å². The van der Waals surface area contributed by atoms with Crippen molar-refractivity contribution in [2.75, 3.05) is 11.9 Å². The van der Waals surface area contributed by atoms with Crippen molar-refractivity contribution in [3.8, 4) is 5.75 Å². The van der Waals surface area contributed by atoms with Gasteiger partial charge in [0.05, 0.1) is 0 Å². The monoisotopic (exact) mass is 526 g/mol. The minimum absolute atomic E-state index is 0.103. The van der Waals surface area contributed by atoms with Crippen molar-refractivity contribution >= 4 is 23.2 Å². The number of benzene rings is 2. The second kappa shape index (κ2) is 9.82. The Morgan fingerprint density at radius 3 is 2.00 bits per heavy atom. The van der Waals surface area contributed by atoms with Gasteiger partial charge in [0.1, 0.15) is 5.75 Å². The van der Waals surface area contributed by atoms with E-state index in [9.17, 15) is 14.4 Å². The number of aryl methyl sites for hydroxylation is 1. The lowest BCUT2D eigenvalue weighted by atomic mass is 9.64. The standard InChI is InChI=1S/C33H38N2O4/c1-19-8-7-9-23(20(19)2)35-28(38)18-39-22-12-10-21(11-13-22)29-30-24(14-32(3,4)16-26(30)36)34-25-15-33(5,6)17-27(37)31(25)29/h7-13,29,34H,14-18H2,1-6H3,(H,35,38). The maximum atomic E-state index is 13.5. The summed E-state index contributed by atoms with van der Waals surface area (Å²) in [5.74, 6) is 0.142. The molecule has 2 aromatic carbocycles. The molecule has 6 nitrogen and oxygen atoms in total. The first-order chi connectivity index (χ1) is 18.3. The Balaban J connectivity index is 1.39. The van der Waals surface area contributed by atoms with E-state index in [4.69, 9.17) is 4.74 Å². The number of Topliss-reactive ketones (excluding diaryl/α,β-unsaturated/α-hetero) is 2. The van der Waals surface area contributed by atoms with Gasteiger partial charge in [-0.25, -0.2) is 0 Å². The summed E-state index contributed by atoms with van der Waals surface area (Å²) in [6.07, 6.45) is 2.46. The summed E-state index contributed by atoms with van der Waals surface area (Å²) in [5.41, 5.74) is 6.90. The summed E-state index contributed by atoms with van der Waals surface area (Å²) >= 11 is 0. The zero-order valence-corrected chi connectivity index (χ0v) is 23.8. The predicted octanol–water partition coefficient (Wildman–Crippen LogP) is 6.29. The number of anilines is 1. The molecule has 1 amide bonds. The smallest absolute Gasteiger partial charge is 0.262 e. The third kappa shape index (κ3) is 5.42. The molecule has 204 valence electrons. The molecular formula is C33H38N2O4. The number of nitrogens with one attached hydrogen (secondary N) is 2. The highest BCUT2D eigenvalue weighted by atomic mass is 16.5. The maximum absolute atomic E-state index is 13.5. The van der Waals surface area contributed by atoms with Crippen molar-refractivity contribution in [1.82, 2.24) is 5.32 Å². The molecule has 0 unspecified atom stereocenters. The van der Waals surface area contributed by atoms with E-state index in [1.165, 1.54) is 0 Å².